The first-order valence-corrected chi connectivity index (χ1v) is 13.2. The molecule has 2 aromatic heterocycles. The lowest BCUT2D eigenvalue weighted by atomic mass is 10.0. The van der Waals surface area contributed by atoms with Crippen LogP contribution in [0.25, 0.3) is 11.2 Å². The Morgan fingerprint density at radius 1 is 1.36 bits per heavy atom. The molecule has 3 unspecified atom stereocenters. The van der Waals surface area contributed by atoms with Crippen LogP contribution in [0.1, 0.15) is 13.2 Å². The summed E-state index contributed by atoms with van der Waals surface area (Å²) >= 11 is 6.38. The second-order valence-electron chi connectivity index (χ2n) is 6.74. The summed E-state index contributed by atoms with van der Waals surface area (Å²) in [6.07, 6.45) is -3.26. The second kappa shape index (κ2) is 8.77. The molecule has 1 saturated heterocycles. The standard InChI is InChI=1S/C11H17ClN5O13P3/c1-11(12)6(18)4(2-27-32(23,24)30-33(25,26)29-31(20,21)22)28-9(11)17-3-14-5-7(17)15-10(13)16-8(5)19/h3-4,6,9,18H,2H2,1H3,(H,23,24)(H,25,26)(H2,20,21,22)(H3,13,15,16,19)/p-2/t4-,6-,9-,11-/m1/s1. The van der Waals surface area contributed by atoms with Crippen LogP contribution in [-0.2, 0) is 31.6 Å². The van der Waals surface area contributed by atoms with Gasteiger partial charge in [-0.15, -0.1) is 11.6 Å². The molecule has 1 aliphatic heterocycles. The number of imidazole rings is 1. The summed E-state index contributed by atoms with van der Waals surface area (Å²) < 4.78 is 51.6. The number of phosphoric acid groups is 3. The van der Waals surface area contributed by atoms with E-state index in [9.17, 15) is 38.3 Å². The van der Waals surface area contributed by atoms with Crippen molar-refractivity contribution >= 4 is 52.2 Å². The number of alkyl halides is 1. The SMILES string of the molecule is C[C@@]1(Cl)[C@H](O)[C@@H](COP(=O)(O)OP(=O)([O-])OP(=O)([O-])O)O[C@H]1n1cnc2c(=O)[nH]c(N)nc21. The van der Waals surface area contributed by atoms with E-state index in [1.165, 1.54) is 11.5 Å². The summed E-state index contributed by atoms with van der Waals surface area (Å²) in [5.74, 6) is -0.253. The quantitative estimate of drug-likeness (QED) is 0.175. The van der Waals surface area contributed by atoms with Gasteiger partial charge in [0.2, 0.25) is 5.95 Å². The Kier molecular flexibility index (Phi) is 7.01. The summed E-state index contributed by atoms with van der Waals surface area (Å²) in [6, 6.07) is 0. The van der Waals surface area contributed by atoms with Crippen molar-refractivity contribution < 1.29 is 56.3 Å². The molecule has 2 aromatic rings. The highest BCUT2D eigenvalue weighted by molar-refractivity contribution is 7.65. The van der Waals surface area contributed by atoms with Gasteiger partial charge in [-0.3, -0.25) is 28.0 Å². The number of rotatable bonds is 8. The molecular weight excluding hydrogens is 539 g/mol. The molecule has 0 saturated carbocycles. The zero-order valence-electron chi connectivity index (χ0n) is 16.1. The fourth-order valence-electron chi connectivity index (χ4n) is 2.92. The van der Waals surface area contributed by atoms with Crippen molar-refractivity contribution in [1.82, 2.24) is 19.5 Å². The number of aliphatic hydroxyl groups excluding tert-OH is 1. The zero-order valence-corrected chi connectivity index (χ0v) is 19.5. The highest BCUT2D eigenvalue weighted by atomic mass is 35.5. The van der Waals surface area contributed by atoms with Gasteiger partial charge in [0.15, 0.2) is 17.4 Å². The van der Waals surface area contributed by atoms with Gasteiger partial charge in [-0.2, -0.15) is 4.98 Å². The van der Waals surface area contributed by atoms with Crippen LogP contribution in [0.5, 0.6) is 0 Å². The molecule has 0 spiro atoms. The molecule has 7 atom stereocenters. The maximum absolute atomic E-state index is 12.0. The van der Waals surface area contributed by atoms with Crippen molar-refractivity contribution in [2.45, 2.75) is 30.2 Å². The van der Waals surface area contributed by atoms with Gasteiger partial charge in [-0.25, -0.2) is 18.2 Å². The molecule has 0 bridgehead atoms. The number of nitrogens with two attached hydrogens (primary N) is 1. The Morgan fingerprint density at radius 2 is 2.00 bits per heavy atom. The molecule has 18 nitrogen and oxygen atoms in total. The third-order valence-electron chi connectivity index (χ3n) is 4.23. The Bertz CT molecular complexity index is 1260. The topological polar surface area (TPSA) is 285 Å². The number of anilines is 1. The van der Waals surface area contributed by atoms with Crippen LogP contribution in [-0.4, -0.2) is 58.1 Å². The van der Waals surface area contributed by atoms with Gasteiger partial charge in [-0.05, 0) is 6.92 Å². The number of hydrogen-bond acceptors (Lipinski definition) is 14. The normalized spacial score (nSPS) is 31.2. The fourth-order valence-corrected chi connectivity index (χ4v) is 6.15. The third-order valence-corrected chi connectivity index (χ3v) is 8.37. The van der Waals surface area contributed by atoms with Crippen LogP contribution in [0.2, 0.25) is 0 Å². The zero-order chi connectivity index (χ0) is 25.0. The lowest BCUT2D eigenvalue weighted by molar-refractivity contribution is -0.236. The van der Waals surface area contributed by atoms with Gasteiger partial charge in [-0.1, -0.05) is 0 Å². The highest BCUT2D eigenvalue weighted by Crippen LogP contribution is 2.63. The van der Waals surface area contributed by atoms with E-state index in [1.807, 2.05) is 0 Å². The van der Waals surface area contributed by atoms with Crippen LogP contribution in [0.3, 0.4) is 0 Å². The van der Waals surface area contributed by atoms with Gasteiger partial charge >= 0.3 is 7.82 Å². The van der Waals surface area contributed by atoms with Crippen LogP contribution in [0.15, 0.2) is 11.1 Å². The molecule has 0 amide bonds. The van der Waals surface area contributed by atoms with Gasteiger partial charge in [0.25, 0.3) is 21.2 Å². The monoisotopic (exact) mass is 553 g/mol. The number of nitrogen functional groups attached to an aromatic ring is 1. The maximum Gasteiger partial charge on any atom is 0.478 e. The highest BCUT2D eigenvalue weighted by Gasteiger charge is 2.54. The average Bonchev–Trinajstić information content (AvgIpc) is 3.10. The summed E-state index contributed by atoms with van der Waals surface area (Å²) in [5, 5.41) is 10.5. The van der Waals surface area contributed by atoms with E-state index in [4.69, 9.17) is 27.0 Å². The van der Waals surface area contributed by atoms with Crippen LogP contribution in [0, 0.1) is 0 Å². The van der Waals surface area contributed by atoms with E-state index in [1.54, 1.807) is 0 Å². The predicted molar refractivity (Wildman–Crippen MR) is 102 cm³/mol. The molecule has 33 heavy (non-hydrogen) atoms. The van der Waals surface area contributed by atoms with E-state index in [0.717, 1.165) is 6.33 Å². The lowest BCUT2D eigenvalue weighted by Gasteiger charge is -2.28. The molecule has 1 aliphatic rings. The Hall–Kier alpha value is -1.23. The van der Waals surface area contributed by atoms with E-state index in [0.29, 0.717) is 0 Å². The van der Waals surface area contributed by atoms with Crippen LogP contribution >= 0.6 is 35.1 Å². The number of hydrogen-bond donors (Lipinski definition) is 5. The molecule has 3 rings (SSSR count). The molecular formula is C11H15ClN5O13P3-2. The van der Waals surface area contributed by atoms with E-state index < -0.39 is 58.9 Å². The molecule has 1 fully saturated rings. The molecule has 186 valence electrons. The number of phosphoric ester groups is 1. The molecule has 22 heteroatoms. The van der Waals surface area contributed by atoms with Gasteiger partial charge in [0.05, 0.1) is 12.9 Å². The van der Waals surface area contributed by atoms with Gasteiger partial charge in [0, 0.05) is 0 Å². The molecule has 0 radical (unpaired) electrons. The van der Waals surface area contributed by atoms with Crippen molar-refractivity contribution in [2.24, 2.45) is 0 Å². The number of aromatic amines is 1. The fraction of sp³-hybridized carbons (Fsp3) is 0.545. The predicted octanol–water partition coefficient (Wildman–Crippen LogP) is -1.96. The number of aromatic nitrogens is 4. The van der Waals surface area contributed by atoms with Crippen LogP contribution < -0.4 is 21.1 Å². The number of ether oxygens (including phenoxy) is 1. The first-order valence-electron chi connectivity index (χ1n) is 8.41. The number of nitrogens with zero attached hydrogens (tertiary/aromatic N) is 3. The molecule has 0 aliphatic carbocycles. The number of nitrogens with one attached hydrogen (secondary N) is 1. The van der Waals surface area contributed by atoms with Crippen molar-refractivity contribution in [3.05, 3.63) is 16.7 Å². The van der Waals surface area contributed by atoms with E-state index >= 15 is 0 Å². The minimum atomic E-state index is -6.03. The first-order chi connectivity index (χ1) is 14.9. The number of halogens is 1. The van der Waals surface area contributed by atoms with Gasteiger partial charge in [0.1, 0.15) is 17.1 Å². The van der Waals surface area contributed by atoms with Crippen molar-refractivity contribution in [2.75, 3.05) is 12.3 Å². The maximum atomic E-state index is 12.0. The van der Waals surface area contributed by atoms with E-state index in [2.05, 4.69) is 28.1 Å². The minimum Gasteiger partial charge on any atom is -0.756 e. The third kappa shape index (κ3) is 5.89. The number of H-pyrrole nitrogens is 1. The largest absolute Gasteiger partial charge is 0.756 e. The second-order valence-corrected chi connectivity index (χ2v) is 11.9. The smallest absolute Gasteiger partial charge is 0.478 e. The minimum absolute atomic E-state index is 0.0615. The summed E-state index contributed by atoms with van der Waals surface area (Å²) in [7, 11) is -17.5. The van der Waals surface area contributed by atoms with Gasteiger partial charge < -0.3 is 35.2 Å². The Morgan fingerprint density at radius 3 is 2.61 bits per heavy atom. The molecule has 3 heterocycles. The summed E-state index contributed by atoms with van der Waals surface area (Å²) in [5.41, 5.74) is 4.66. The van der Waals surface area contributed by atoms with Crippen LogP contribution in [0.4, 0.5) is 5.95 Å². The number of aliphatic hydroxyl groups is 1. The lowest BCUT2D eigenvalue weighted by Crippen LogP contribution is -2.39. The molecule has 0 aromatic carbocycles. The van der Waals surface area contributed by atoms with Crippen molar-refractivity contribution in [3.8, 4) is 0 Å². The van der Waals surface area contributed by atoms with Crippen molar-refractivity contribution in [1.29, 1.82) is 0 Å². The summed E-state index contributed by atoms with van der Waals surface area (Å²) in [6.45, 7) is 0.318. The first kappa shape index (κ1) is 26.4. The Labute approximate surface area is 187 Å². The summed E-state index contributed by atoms with van der Waals surface area (Å²) in [4.78, 5) is 60.0. The van der Waals surface area contributed by atoms with Crippen molar-refractivity contribution in [3.63, 3.8) is 0 Å². The van der Waals surface area contributed by atoms with E-state index in [-0.39, 0.29) is 17.1 Å². The molecule has 6 N–H and O–H groups in total. The Balaban J connectivity index is 1.78. The average molecular weight is 554 g/mol. The number of fused-ring (bicyclic) bond motifs is 1.